The molecular weight excluding hydrogens is 197 g/mol. The molecule has 0 aliphatic heterocycles. The summed E-state index contributed by atoms with van der Waals surface area (Å²) in [5.41, 5.74) is 1.36. The van der Waals surface area contributed by atoms with Crippen molar-refractivity contribution in [2.24, 2.45) is 0 Å². The summed E-state index contributed by atoms with van der Waals surface area (Å²) in [6.07, 6.45) is 6.07. The maximum absolute atomic E-state index is 12.8. The van der Waals surface area contributed by atoms with Crippen molar-refractivity contribution >= 4 is 0 Å². The van der Waals surface area contributed by atoms with Gasteiger partial charge in [-0.1, -0.05) is 0 Å². The van der Waals surface area contributed by atoms with Gasteiger partial charge in [-0.05, 0) is 11.6 Å². The maximum Gasteiger partial charge on any atom is 0.141 e. The van der Waals surface area contributed by atoms with Crippen molar-refractivity contribution in [1.82, 2.24) is 14.5 Å². The van der Waals surface area contributed by atoms with Crippen LogP contribution in [0.3, 0.4) is 0 Å². The van der Waals surface area contributed by atoms with Crippen LogP contribution in [-0.4, -0.2) is 19.6 Å². The van der Waals surface area contributed by atoms with Crippen molar-refractivity contribution in [2.75, 3.05) is 0 Å². The largest absolute Gasteiger partial charge is 0.390 e. The first-order valence-electron chi connectivity index (χ1n) is 4.49. The van der Waals surface area contributed by atoms with E-state index in [0.717, 1.165) is 11.8 Å². The Morgan fingerprint density at radius 1 is 1.40 bits per heavy atom. The molecule has 0 atom stereocenters. The second-order valence-electron chi connectivity index (χ2n) is 3.21. The molecule has 2 rings (SSSR count). The van der Waals surface area contributed by atoms with Gasteiger partial charge in [0, 0.05) is 12.4 Å². The highest BCUT2D eigenvalue weighted by molar-refractivity contribution is 5.11. The zero-order chi connectivity index (χ0) is 10.7. The van der Waals surface area contributed by atoms with E-state index in [4.69, 9.17) is 5.11 Å². The second-order valence-corrected chi connectivity index (χ2v) is 3.21. The van der Waals surface area contributed by atoms with Gasteiger partial charge in [0.25, 0.3) is 0 Å². The van der Waals surface area contributed by atoms with E-state index < -0.39 is 0 Å². The molecule has 0 saturated carbocycles. The van der Waals surface area contributed by atoms with E-state index >= 15 is 0 Å². The molecule has 0 radical (unpaired) electrons. The highest BCUT2D eigenvalue weighted by Crippen LogP contribution is 2.04. The lowest BCUT2D eigenvalue weighted by Gasteiger charge is -2.01. The summed E-state index contributed by atoms with van der Waals surface area (Å²) in [5, 5.41) is 8.81. The van der Waals surface area contributed by atoms with E-state index in [1.165, 1.54) is 6.07 Å². The van der Waals surface area contributed by atoms with Crippen LogP contribution in [0.15, 0.2) is 31.0 Å². The molecule has 0 aliphatic rings. The van der Waals surface area contributed by atoms with Crippen molar-refractivity contribution in [1.29, 1.82) is 0 Å². The molecule has 15 heavy (non-hydrogen) atoms. The highest BCUT2D eigenvalue weighted by atomic mass is 19.1. The summed E-state index contributed by atoms with van der Waals surface area (Å²) < 4.78 is 14.6. The average molecular weight is 207 g/mol. The Kier molecular flexibility index (Phi) is 2.73. The Balaban J connectivity index is 2.14. The molecule has 0 spiro atoms. The summed E-state index contributed by atoms with van der Waals surface area (Å²) in [4.78, 5) is 7.70. The predicted molar refractivity (Wildman–Crippen MR) is 51.4 cm³/mol. The summed E-state index contributed by atoms with van der Waals surface area (Å²) in [6.45, 7) is 0.409. The normalized spacial score (nSPS) is 10.5. The lowest BCUT2D eigenvalue weighted by molar-refractivity contribution is 0.277. The van der Waals surface area contributed by atoms with Crippen LogP contribution in [0.5, 0.6) is 0 Å². The molecule has 0 unspecified atom stereocenters. The molecular formula is C10H10FN3O. The lowest BCUT2D eigenvalue weighted by atomic mass is 10.3. The fourth-order valence-corrected chi connectivity index (χ4v) is 1.33. The van der Waals surface area contributed by atoms with E-state index in [1.54, 1.807) is 23.3 Å². The Morgan fingerprint density at radius 3 is 2.93 bits per heavy atom. The van der Waals surface area contributed by atoms with Crippen molar-refractivity contribution in [2.45, 2.75) is 13.2 Å². The first kappa shape index (κ1) is 9.79. The van der Waals surface area contributed by atoms with Gasteiger partial charge in [0.2, 0.25) is 0 Å². The van der Waals surface area contributed by atoms with E-state index in [1.807, 2.05) is 0 Å². The second kappa shape index (κ2) is 4.18. The van der Waals surface area contributed by atoms with Gasteiger partial charge >= 0.3 is 0 Å². The molecule has 2 heterocycles. The minimum Gasteiger partial charge on any atom is -0.390 e. The van der Waals surface area contributed by atoms with Crippen molar-refractivity contribution in [3.05, 3.63) is 48.1 Å². The van der Waals surface area contributed by atoms with E-state index in [2.05, 4.69) is 9.97 Å². The number of hydrogen-bond acceptors (Lipinski definition) is 3. The fourth-order valence-electron chi connectivity index (χ4n) is 1.33. The zero-order valence-electron chi connectivity index (χ0n) is 7.97. The smallest absolute Gasteiger partial charge is 0.141 e. The monoisotopic (exact) mass is 207 g/mol. The maximum atomic E-state index is 12.8. The van der Waals surface area contributed by atoms with E-state index in [0.29, 0.717) is 12.2 Å². The van der Waals surface area contributed by atoms with Crippen LogP contribution < -0.4 is 0 Å². The Morgan fingerprint density at radius 2 is 2.27 bits per heavy atom. The third kappa shape index (κ3) is 2.38. The third-order valence-electron chi connectivity index (χ3n) is 1.98. The number of aliphatic hydroxyl groups is 1. The quantitative estimate of drug-likeness (QED) is 0.815. The number of halogens is 1. The van der Waals surface area contributed by atoms with Gasteiger partial charge in [-0.15, -0.1) is 0 Å². The number of rotatable bonds is 3. The number of aromatic nitrogens is 3. The Bertz CT molecular complexity index is 455. The van der Waals surface area contributed by atoms with Gasteiger partial charge in [0.05, 0.1) is 31.4 Å². The molecule has 2 aromatic heterocycles. The summed E-state index contributed by atoms with van der Waals surface area (Å²) >= 11 is 0. The number of pyridine rings is 1. The molecule has 0 aromatic carbocycles. The van der Waals surface area contributed by atoms with Gasteiger partial charge in [0.15, 0.2) is 0 Å². The van der Waals surface area contributed by atoms with Crippen LogP contribution >= 0.6 is 0 Å². The van der Waals surface area contributed by atoms with Crippen LogP contribution in [-0.2, 0) is 13.2 Å². The van der Waals surface area contributed by atoms with Crippen LogP contribution in [0, 0.1) is 5.82 Å². The van der Waals surface area contributed by atoms with Gasteiger partial charge in [-0.25, -0.2) is 9.37 Å². The minimum atomic E-state index is -0.352. The predicted octanol–water partition coefficient (Wildman–Crippen LogP) is 0.958. The number of nitrogens with zero attached hydrogens (tertiary/aromatic N) is 3. The minimum absolute atomic E-state index is 0.0889. The van der Waals surface area contributed by atoms with E-state index in [-0.39, 0.29) is 12.4 Å². The molecule has 4 nitrogen and oxygen atoms in total. The van der Waals surface area contributed by atoms with Crippen molar-refractivity contribution in [3.8, 4) is 0 Å². The number of aliphatic hydroxyl groups excluding tert-OH is 1. The van der Waals surface area contributed by atoms with Gasteiger partial charge in [-0.3, -0.25) is 4.98 Å². The summed E-state index contributed by atoms with van der Waals surface area (Å²) in [7, 11) is 0. The first-order valence-corrected chi connectivity index (χ1v) is 4.49. The summed E-state index contributed by atoms with van der Waals surface area (Å²) in [5.74, 6) is -0.352. The lowest BCUT2D eigenvalue weighted by Crippen LogP contribution is -1.97. The molecule has 2 aromatic rings. The molecule has 78 valence electrons. The molecule has 5 heteroatoms. The molecule has 0 aliphatic carbocycles. The number of imidazole rings is 1. The molecule has 0 saturated heterocycles. The van der Waals surface area contributed by atoms with E-state index in [9.17, 15) is 4.39 Å². The SMILES string of the molecule is OCc1cn(Cc2cncc(F)c2)cn1. The Hall–Kier alpha value is -1.75. The Labute approximate surface area is 86.0 Å². The molecule has 0 bridgehead atoms. The van der Waals surface area contributed by atoms with Gasteiger partial charge in [-0.2, -0.15) is 0 Å². The molecule has 0 amide bonds. The average Bonchev–Trinajstić information content (AvgIpc) is 2.65. The third-order valence-corrected chi connectivity index (χ3v) is 1.98. The van der Waals surface area contributed by atoms with Crippen LogP contribution in [0.1, 0.15) is 11.3 Å². The fraction of sp³-hybridized carbons (Fsp3) is 0.200. The van der Waals surface area contributed by atoms with Crippen molar-refractivity contribution < 1.29 is 9.50 Å². The molecule has 1 N–H and O–H groups in total. The standard InChI is InChI=1S/C10H10FN3O/c11-9-1-8(2-12-3-9)4-14-5-10(6-15)13-7-14/h1-3,5,7,15H,4,6H2. The van der Waals surface area contributed by atoms with Crippen molar-refractivity contribution in [3.63, 3.8) is 0 Å². The topological polar surface area (TPSA) is 50.9 Å². The molecule has 0 fully saturated rings. The van der Waals surface area contributed by atoms with Gasteiger partial charge < -0.3 is 9.67 Å². The number of hydrogen-bond donors (Lipinski definition) is 1. The highest BCUT2D eigenvalue weighted by Gasteiger charge is 2.00. The zero-order valence-corrected chi connectivity index (χ0v) is 7.97. The first-order chi connectivity index (χ1) is 7.28. The van der Waals surface area contributed by atoms with Crippen LogP contribution in [0.4, 0.5) is 4.39 Å². The van der Waals surface area contributed by atoms with Crippen LogP contribution in [0.25, 0.3) is 0 Å². The summed E-state index contributed by atoms with van der Waals surface area (Å²) in [6, 6.07) is 1.42. The van der Waals surface area contributed by atoms with Gasteiger partial charge in [0.1, 0.15) is 5.82 Å². The van der Waals surface area contributed by atoms with Crippen LogP contribution in [0.2, 0.25) is 0 Å².